The van der Waals surface area contributed by atoms with E-state index in [0.717, 1.165) is 19.4 Å². The molecule has 1 N–H and O–H groups in total. The molecule has 90 valence electrons. The van der Waals surface area contributed by atoms with Crippen molar-refractivity contribution in [3.05, 3.63) is 49.2 Å². The molecule has 0 fully saturated rings. The van der Waals surface area contributed by atoms with Crippen LogP contribution in [0.1, 0.15) is 19.3 Å². The monoisotopic (exact) mass is 229 g/mol. The first-order valence-electron chi connectivity index (χ1n) is 6.14. The molecule has 2 heteroatoms. The molecule has 1 unspecified atom stereocenters. The number of nitrogens with zero attached hydrogens (tertiary/aromatic N) is 1. The SMILES string of the molecule is C=CCC(O)CCCn1ccc2ccccc21. The molecule has 2 rings (SSSR count). The van der Waals surface area contributed by atoms with E-state index < -0.39 is 0 Å². The van der Waals surface area contributed by atoms with Crippen molar-refractivity contribution in [1.29, 1.82) is 0 Å². The summed E-state index contributed by atoms with van der Waals surface area (Å²) in [6.45, 7) is 4.59. The van der Waals surface area contributed by atoms with E-state index in [-0.39, 0.29) is 6.10 Å². The van der Waals surface area contributed by atoms with Crippen LogP contribution >= 0.6 is 0 Å². The normalized spacial score (nSPS) is 12.8. The number of aliphatic hydroxyl groups is 1. The number of fused-ring (bicyclic) bond motifs is 1. The Morgan fingerprint density at radius 2 is 2.12 bits per heavy atom. The highest BCUT2D eigenvalue weighted by molar-refractivity contribution is 5.79. The number of benzene rings is 1. The van der Waals surface area contributed by atoms with Gasteiger partial charge >= 0.3 is 0 Å². The summed E-state index contributed by atoms with van der Waals surface area (Å²) in [7, 11) is 0. The predicted molar refractivity (Wildman–Crippen MR) is 72.0 cm³/mol. The quantitative estimate of drug-likeness (QED) is 0.755. The summed E-state index contributed by atoms with van der Waals surface area (Å²) in [5.74, 6) is 0. The van der Waals surface area contributed by atoms with Gasteiger partial charge in [-0.3, -0.25) is 0 Å². The third kappa shape index (κ3) is 2.98. The van der Waals surface area contributed by atoms with Crippen molar-refractivity contribution in [1.82, 2.24) is 4.57 Å². The van der Waals surface area contributed by atoms with Crippen LogP contribution in [0.25, 0.3) is 10.9 Å². The molecule has 0 aliphatic rings. The van der Waals surface area contributed by atoms with Gasteiger partial charge in [0.05, 0.1) is 6.10 Å². The van der Waals surface area contributed by atoms with Crippen molar-refractivity contribution in [2.45, 2.75) is 31.9 Å². The van der Waals surface area contributed by atoms with Crippen LogP contribution in [0.15, 0.2) is 49.2 Å². The third-order valence-electron chi connectivity index (χ3n) is 3.06. The molecule has 2 aromatic rings. The summed E-state index contributed by atoms with van der Waals surface area (Å²) in [6.07, 6.45) is 6.16. The predicted octanol–water partition coefficient (Wildman–Crippen LogP) is 3.36. The molecule has 0 radical (unpaired) electrons. The van der Waals surface area contributed by atoms with Gasteiger partial charge in [-0.05, 0) is 36.8 Å². The van der Waals surface area contributed by atoms with Crippen molar-refractivity contribution in [3.63, 3.8) is 0 Å². The van der Waals surface area contributed by atoms with Gasteiger partial charge in [0.2, 0.25) is 0 Å². The molecular formula is C15H19NO. The van der Waals surface area contributed by atoms with Crippen LogP contribution in [0.2, 0.25) is 0 Å². The number of hydrogen-bond acceptors (Lipinski definition) is 1. The molecule has 0 spiro atoms. The minimum absolute atomic E-state index is 0.241. The fourth-order valence-corrected chi connectivity index (χ4v) is 2.14. The lowest BCUT2D eigenvalue weighted by molar-refractivity contribution is 0.163. The van der Waals surface area contributed by atoms with Crippen LogP contribution in [0.5, 0.6) is 0 Å². The van der Waals surface area contributed by atoms with Crippen molar-refractivity contribution in [3.8, 4) is 0 Å². The van der Waals surface area contributed by atoms with E-state index in [1.54, 1.807) is 6.08 Å². The molecule has 0 saturated carbocycles. The number of aryl methyl sites for hydroxylation is 1. The second-order valence-electron chi connectivity index (χ2n) is 4.39. The number of hydrogen-bond donors (Lipinski definition) is 1. The fraction of sp³-hybridized carbons (Fsp3) is 0.333. The maximum atomic E-state index is 9.61. The molecule has 1 heterocycles. The molecule has 0 bridgehead atoms. The van der Waals surface area contributed by atoms with Gasteiger partial charge < -0.3 is 9.67 Å². The minimum atomic E-state index is -0.241. The molecule has 17 heavy (non-hydrogen) atoms. The van der Waals surface area contributed by atoms with Crippen LogP contribution in [0.4, 0.5) is 0 Å². The zero-order valence-electron chi connectivity index (χ0n) is 10.0. The van der Waals surface area contributed by atoms with Gasteiger partial charge in [0, 0.05) is 18.3 Å². The number of aromatic nitrogens is 1. The highest BCUT2D eigenvalue weighted by atomic mass is 16.3. The summed E-state index contributed by atoms with van der Waals surface area (Å²) >= 11 is 0. The lowest BCUT2D eigenvalue weighted by atomic mass is 10.1. The first-order valence-corrected chi connectivity index (χ1v) is 6.14. The molecular weight excluding hydrogens is 210 g/mol. The molecule has 1 aromatic carbocycles. The van der Waals surface area contributed by atoms with Gasteiger partial charge in [0.15, 0.2) is 0 Å². The zero-order valence-corrected chi connectivity index (χ0v) is 10.0. The van der Waals surface area contributed by atoms with Gasteiger partial charge in [-0.15, -0.1) is 6.58 Å². The van der Waals surface area contributed by atoms with Crippen molar-refractivity contribution in [2.75, 3.05) is 0 Å². The van der Waals surface area contributed by atoms with Gasteiger partial charge in [-0.25, -0.2) is 0 Å². The van der Waals surface area contributed by atoms with Crippen LogP contribution in [0, 0.1) is 0 Å². The summed E-state index contributed by atoms with van der Waals surface area (Å²) in [5, 5.41) is 10.9. The largest absolute Gasteiger partial charge is 0.393 e. The third-order valence-corrected chi connectivity index (χ3v) is 3.06. The summed E-state index contributed by atoms with van der Waals surface area (Å²) in [4.78, 5) is 0. The number of aliphatic hydroxyl groups excluding tert-OH is 1. The lowest BCUT2D eigenvalue weighted by Crippen LogP contribution is -2.06. The Morgan fingerprint density at radius 1 is 1.29 bits per heavy atom. The van der Waals surface area contributed by atoms with E-state index in [1.165, 1.54) is 10.9 Å². The van der Waals surface area contributed by atoms with Crippen LogP contribution in [0.3, 0.4) is 0 Å². The van der Waals surface area contributed by atoms with E-state index in [4.69, 9.17) is 0 Å². The topological polar surface area (TPSA) is 25.2 Å². The summed E-state index contributed by atoms with van der Waals surface area (Å²) < 4.78 is 2.25. The average Bonchev–Trinajstić information content (AvgIpc) is 2.73. The summed E-state index contributed by atoms with van der Waals surface area (Å²) in [5.41, 5.74) is 1.27. The van der Waals surface area contributed by atoms with Gasteiger partial charge in [0.1, 0.15) is 0 Å². The Labute approximate surface area is 102 Å². The van der Waals surface area contributed by atoms with Crippen molar-refractivity contribution >= 4 is 10.9 Å². The highest BCUT2D eigenvalue weighted by Crippen LogP contribution is 2.16. The van der Waals surface area contributed by atoms with Crippen molar-refractivity contribution < 1.29 is 5.11 Å². The molecule has 0 amide bonds. The molecule has 0 saturated heterocycles. The van der Waals surface area contributed by atoms with E-state index >= 15 is 0 Å². The molecule has 1 atom stereocenters. The van der Waals surface area contributed by atoms with Gasteiger partial charge in [0.25, 0.3) is 0 Å². The van der Waals surface area contributed by atoms with Crippen molar-refractivity contribution in [2.24, 2.45) is 0 Å². The smallest absolute Gasteiger partial charge is 0.0575 e. The highest BCUT2D eigenvalue weighted by Gasteiger charge is 2.03. The fourth-order valence-electron chi connectivity index (χ4n) is 2.14. The van der Waals surface area contributed by atoms with Crippen LogP contribution in [-0.4, -0.2) is 15.8 Å². The number of para-hydroxylation sites is 1. The maximum Gasteiger partial charge on any atom is 0.0575 e. The lowest BCUT2D eigenvalue weighted by Gasteiger charge is -2.09. The van der Waals surface area contributed by atoms with E-state index in [0.29, 0.717) is 6.42 Å². The minimum Gasteiger partial charge on any atom is -0.393 e. The Balaban J connectivity index is 1.93. The Morgan fingerprint density at radius 3 is 2.94 bits per heavy atom. The molecule has 0 aliphatic carbocycles. The Hall–Kier alpha value is -1.54. The molecule has 1 aromatic heterocycles. The van der Waals surface area contributed by atoms with E-state index in [9.17, 15) is 5.11 Å². The second kappa shape index (κ2) is 5.69. The average molecular weight is 229 g/mol. The van der Waals surface area contributed by atoms with Crippen LogP contribution < -0.4 is 0 Å². The Bertz CT molecular complexity index is 486. The van der Waals surface area contributed by atoms with E-state index in [1.807, 2.05) is 0 Å². The zero-order chi connectivity index (χ0) is 12.1. The molecule has 0 aliphatic heterocycles. The maximum absolute atomic E-state index is 9.61. The van der Waals surface area contributed by atoms with E-state index in [2.05, 4.69) is 47.7 Å². The van der Waals surface area contributed by atoms with Gasteiger partial charge in [-0.2, -0.15) is 0 Å². The van der Waals surface area contributed by atoms with Crippen LogP contribution in [-0.2, 0) is 6.54 Å². The first kappa shape index (κ1) is 11.9. The Kier molecular flexibility index (Phi) is 3.99. The molecule has 2 nitrogen and oxygen atoms in total. The summed E-state index contributed by atoms with van der Waals surface area (Å²) in [6, 6.07) is 10.5. The first-order chi connectivity index (χ1) is 8.31. The standard InChI is InChI=1S/C15H19NO/c1-2-6-14(17)8-5-11-16-12-10-13-7-3-4-9-15(13)16/h2-4,7,9-10,12,14,17H,1,5-6,8,11H2. The number of rotatable bonds is 6. The van der Waals surface area contributed by atoms with Gasteiger partial charge in [-0.1, -0.05) is 24.3 Å². The second-order valence-corrected chi connectivity index (χ2v) is 4.39.